The maximum Gasteiger partial charge on any atom is 0.508 e. The van der Waals surface area contributed by atoms with Crippen molar-refractivity contribution >= 4 is 14.0 Å². The van der Waals surface area contributed by atoms with Crippen LogP contribution in [0.3, 0.4) is 0 Å². The highest BCUT2D eigenvalue weighted by atomic mass is 31.1. The Morgan fingerprint density at radius 2 is 2.07 bits per heavy atom. The highest BCUT2D eigenvalue weighted by molar-refractivity contribution is 7.39. The van der Waals surface area contributed by atoms with Crippen LogP contribution in [0.25, 0.3) is 0 Å². The Bertz CT molecular complexity index is 203. The Hall–Kier alpha value is -0.470. The van der Waals surface area contributed by atoms with Gasteiger partial charge < -0.3 is 5.11 Å². The molecule has 0 saturated heterocycles. The Labute approximate surface area is 85.5 Å². The summed E-state index contributed by atoms with van der Waals surface area (Å²) in [6.45, 7) is 6.00. The van der Waals surface area contributed by atoms with Crippen LogP contribution in [0, 0.1) is 11.8 Å². The van der Waals surface area contributed by atoms with Crippen LogP contribution >= 0.6 is 8.03 Å². The molecule has 2 atom stereocenters. The number of aliphatic carboxylic acids is 1. The van der Waals surface area contributed by atoms with E-state index in [9.17, 15) is 9.36 Å². The average molecular weight is 221 g/mol. The molecule has 1 N–H and O–H groups in total. The monoisotopic (exact) mass is 221 g/mol. The highest BCUT2D eigenvalue weighted by Crippen LogP contribution is 2.28. The zero-order chi connectivity index (χ0) is 11.1. The SMILES string of the molecule is CCO[P+](=O)C[C@@H](CC(C)C)C(=O)O. The van der Waals surface area contributed by atoms with Crippen molar-refractivity contribution in [1.82, 2.24) is 0 Å². The van der Waals surface area contributed by atoms with E-state index in [0.717, 1.165) is 0 Å². The molecule has 1 unspecified atom stereocenters. The maximum absolute atomic E-state index is 11.2. The molecule has 0 spiro atoms. The number of carboxylic acid groups (broad SMARTS) is 1. The normalized spacial score (nSPS) is 14.1. The van der Waals surface area contributed by atoms with Gasteiger partial charge in [0.1, 0.15) is 5.92 Å². The third kappa shape index (κ3) is 6.06. The molecular formula is C9H18O4P+. The van der Waals surface area contributed by atoms with Crippen molar-refractivity contribution in [3.05, 3.63) is 0 Å². The summed E-state index contributed by atoms with van der Waals surface area (Å²) in [5.41, 5.74) is 0. The highest BCUT2D eigenvalue weighted by Gasteiger charge is 2.30. The lowest BCUT2D eigenvalue weighted by atomic mass is 9.99. The molecule has 0 amide bonds. The van der Waals surface area contributed by atoms with E-state index in [-0.39, 0.29) is 6.16 Å². The first-order valence-electron chi connectivity index (χ1n) is 4.77. The minimum Gasteiger partial charge on any atom is -0.481 e. The van der Waals surface area contributed by atoms with Crippen LogP contribution in [0.4, 0.5) is 0 Å². The second-order valence-electron chi connectivity index (χ2n) is 3.60. The standard InChI is InChI=1S/C9H17O4P/c1-4-13-14(12)6-8(9(10)11)5-7(2)3/h7-8H,4-6H2,1-3H3/p+1/t8-/m1/s1. The first-order valence-corrected chi connectivity index (χ1v) is 6.14. The van der Waals surface area contributed by atoms with Gasteiger partial charge in [-0.25, -0.2) is 0 Å². The lowest BCUT2D eigenvalue weighted by Gasteiger charge is -2.08. The van der Waals surface area contributed by atoms with Crippen LogP contribution in [0.15, 0.2) is 0 Å². The van der Waals surface area contributed by atoms with Gasteiger partial charge in [0.05, 0.1) is 6.61 Å². The van der Waals surface area contributed by atoms with Crippen LogP contribution in [0.1, 0.15) is 27.2 Å². The molecule has 0 fully saturated rings. The fourth-order valence-corrected chi connectivity index (χ4v) is 2.26. The molecule has 82 valence electrons. The van der Waals surface area contributed by atoms with Gasteiger partial charge in [0, 0.05) is 0 Å². The minimum absolute atomic E-state index is 0.122. The van der Waals surface area contributed by atoms with Gasteiger partial charge in [0.2, 0.25) is 0 Å². The number of carboxylic acids is 1. The molecule has 4 nitrogen and oxygen atoms in total. The van der Waals surface area contributed by atoms with Crippen molar-refractivity contribution in [2.75, 3.05) is 12.8 Å². The zero-order valence-corrected chi connectivity index (χ0v) is 9.79. The average Bonchev–Trinajstić information content (AvgIpc) is 2.02. The van der Waals surface area contributed by atoms with E-state index in [1.54, 1.807) is 6.92 Å². The zero-order valence-electron chi connectivity index (χ0n) is 8.90. The third-order valence-corrected chi connectivity index (χ3v) is 3.03. The lowest BCUT2D eigenvalue weighted by molar-refractivity contribution is -0.141. The quantitative estimate of drug-likeness (QED) is 0.671. The van der Waals surface area contributed by atoms with E-state index < -0.39 is 19.9 Å². The third-order valence-electron chi connectivity index (χ3n) is 1.75. The Morgan fingerprint density at radius 3 is 2.43 bits per heavy atom. The first-order chi connectivity index (χ1) is 6.47. The van der Waals surface area contributed by atoms with Gasteiger partial charge in [-0.2, -0.15) is 0 Å². The summed E-state index contributed by atoms with van der Waals surface area (Å²) in [5, 5.41) is 8.86. The summed E-state index contributed by atoms with van der Waals surface area (Å²) < 4.78 is 16.1. The van der Waals surface area contributed by atoms with Crippen molar-refractivity contribution in [2.24, 2.45) is 11.8 Å². The summed E-state index contributed by atoms with van der Waals surface area (Å²) in [6.07, 6.45) is 0.667. The predicted molar refractivity (Wildman–Crippen MR) is 54.7 cm³/mol. The number of hydrogen-bond acceptors (Lipinski definition) is 3. The van der Waals surface area contributed by atoms with Crippen molar-refractivity contribution < 1.29 is 19.0 Å². The summed E-state index contributed by atoms with van der Waals surface area (Å²) >= 11 is 0. The van der Waals surface area contributed by atoms with Crippen LogP contribution in [-0.4, -0.2) is 23.8 Å². The first kappa shape index (κ1) is 13.5. The molecule has 0 aromatic carbocycles. The maximum atomic E-state index is 11.2. The molecule has 0 aromatic heterocycles. The van der Waals surface area contributed by atoms with Gasteiger partial charge in [-0.05, 0) is 23.8 Å². The number of hydrogen-bond donors (Lipinski definition) is 1. The second-order valence-corrected chi connectivity index (χ2v) is 4.89. The van der Waals surface area contributed by atoms with Crippen LogP contribution in [0.5, 0.6) is 0 Å². The Kier molecular flexibility index (Phi) is 6.67. The molecule has 0 aliphatic heterocycles. The molecule has 5 heteroatoms. The molecule has 0 saturated carbocycles. The van der Waals surface area contributed by atoms with Crippen LogP contribution in [-0.2, 0) is 13.9 Å². The predicted octanol–water partition coefficient (Wildman–Crippen LogP) is 2.51. The van der Waals surface area contributed by atoms with Crippen LogP contribution < -0.4 is 0 Å². The van der Waals surface area contributed by atoms with E-state index in [0.29, 0.717) is 18.9 Å². The molecule has 0 aliphatic rings. The molecule has 14 heavy (non-hydrogen) atoms. The van der Waals surface area contributed by atoms with Gasteiger partial charge >= 0.3 is 14.0 Å². The van der Waals surface area contributed by atoms with Crippen LogP contribution in [0.2, 0.25) is 0 Å². The Morgan fingerprint density at radius 1 is 1.50 bits per heavy atom. The van der Waals surface area contributed by atoms with Crippen molar-refractivity contribution in [2.45, 2.75) is 27.2 Å². The van der Waals surface area contributed by atoms with E-state index in [1.807, 2.05) is 13.8 Å². The van der Waals surface area contributed by atoms with Gasteiger partial charge in [0.15, 0.2) is 6.16 Å². The molecule has 0 radical (unpaired) electrons. The molecular weight excluding hydrogens is 203 g/mol. The summed E-state index contributed by atoms with van der Waals surface area (Å²) in [4.78, 5) is 10.8. The fourth-order valence-electron chi connectivity index (χ4n) is 1.20. The van der Waals surface area contributed by atoms with Crippen molar-refractivity contribution in [1.29, 1.82) is 0 Å². The second kappa shape index (κ2) is 6.91. The van der Waals surface area contributed by atoms with E-state index in [1.165, 1.54) is 0 Å². The smallest absolute Gasteiger partial charge is 0.481 e. The number of carbonyl (C=O) groups is 1. The van der Waals surface area contributed by atoms with Gasteiger partial charge in [0.25, 0.3) is 0 Å². The minimum atomic E-state index is -1.81. The van der Waals surface area contributed by atoms with E-state index in [4.69, 9.17) is 9.63 Å². The summed E-state index contributed by atoms with van der Waals surface area (Å²) in [6, 6.07) is 0. The molecule has 0 heterocycles. The summed E-state index contributed by atoms with van der Waals surface area (Å²) in [5.74, 6) is -1.15. The van der Waals surface area contributed by atoms with E-state index in [2.05, 4.69) is 0 Å². The van der Waals surface area contributed by atoms with Gasteiger partial charge in [-0.15, -0.1) is 4.52 Å². The lowest BCUT2D eigenvalue weighted by Crippen LogP contribution is -2.18. The molecule has 0 rings (SSSR count). The fraction of sp³-hybridized carbons (Fsp3) is 0.889. The van der Waals surface area contributed by atoms with Gasteiger partial charge in [-0.3, -0.25) is 4.79 Å². The Balaban J connectivity index is 4.09. The molecule has 0 aromatic rings. The van der Waals surface area contributed by atoms with Crippen molar-refractivity contribution in [3.63, 3.8) is 0 Å². The topological polar surface area (TPSA) is 63.6 Å². The number of rotatable bonds is 7. The molecule has 0 bridgehead atoms. The van der Waals surface area contributed by atoms with Gasteiger partial charge in [-0.1, -0.05) is 13.8 Å². The largest absolute Gasteiger partial charge is 0.508 e. The van der Waals surface area contributed by atoms with E-state index >= 15 is 0 Å². The molecule has 0 aliphatic carbocycles. The van der Waals surface area contributed by atoms with Crippen molar-refractivity contribution in [3.8, 4) is 0 Å². The summed E-state index contributed by atoms with van der Waals surface area (Å²) in [7, 11) is -1.81.